The van der Waals surface area contributed by atoms with Gasteiger partial charge in [-0.25, -0.2) is 0 Å². The van der Waals surface area contributed by atoms with Gasteiger partial charge in [0, 0.05) is 29.2 Å². The van der Waals surface area contributed by atoms with Gasteiger partial charge in [0.1, 0.15) is 6.04 Å². The van der Waals surface area contributed by atoms with Crippen LogP contribution in [-0.2, 0) is 20.8 Å². The van der Waals surface area contributed by atoms with Gasteiger partial charge in [-0.05, 0) is 66.6 Å². The Morgan fingerprint density at radius 1 is 1.00 bits per heavy atom. The van der Waals surface area contributed by atoms with Crippen LogP contribution in [0, 0.1) is 6.92 Å². The van der Waals surface area contributed by atoms with Crippen LogP contribution in [0.3, 0.4) is 0 Å². The summed E-state index contributed by atoms with van der Waals surface area (Å²) in [5.41, 5.74) is 2.99. The van der Waals surface area contributed by atoms with Crippen molar-refractivity contribution in [3.63, 3.8) is 0 Å². The molecule has 7 heteroatoms. The second-order valence-corrected chi connectivity index (χ2v) is 10.0. The summed E-state index contributed by atoms with van der Waals surface area (Å²) in [7, 11) is 0. The van der Waals surface area contributed by atoms with E-state index in [1.807, 2.05) is 48.7 Å². The average Bonchev–Trinajstić information content (AvgIpc) is 3.53. The second kappa shape index (κ2) is 11.3. The van der Waals surface area contributed by atoms with E-state index < -0.39 is 6.04 Å². The maximum Gasteiger partial charge on any atom is 0.248 e. The molecule has 2 N–H and O–H groups in total. The summed E-state index contributed by atoms with van der Waals surface area (Å²) < 4.78 is 0. The van der Waals surface area contributed by atoms with E-state index in [2.05, 4.69) is 10.6 Å². The lowest BCUT2D eigenvalue weighted by atomic mass is 9.97. The van der Waals surface area contributed by atoms with E-state index in [0.717, 1.165) is 41.7 Å². The summed E-state index contributed by atoms with van der Waals surface area (Å²) in [5.74, 6) is -0.497. The Labute approximate surface area is 210 Å². The lowest BCUT2D eigenvalue weighted by Gasteiger charge is -2.33. The minimum absolute atomic E-state index is 0.130. The smallest absolute Gasteiger partial charge is 0.248 e. The monoisotopic (exact) mass is 489 g/mol. The van der Waals surface area contributed by atoms with Gasteiger partial charge in [-0.3, -0.25) is 19.3 Å². The molecule has 1 fully saturated rings. The van der Waals surface area contributed by atoms with Crippen LogP contribution in [0.15, 0.2) is 66.0 Å². The molecule has 0 spiro atoms. The first-order chi connectivity index (χ1) is 16.9. The third kappa shape index (κ3) is 6.17. The average molecular weight is 490 g/mol. The number of hydrogen-bond donors (Lipinski definition) is 2. The van der Waals surface area contributed by atoms with E-state index in [-0.39, 0.29) is 30.2 Å². The van der Waals surface area contributed by atoms with Gasteiger partial charge in [0.25, 0.3) is 0 Å². The molecular formula is C28H31N3O3S. The number of hydrogen-bond acceptors (Lipinski definition) is 4. The number of carbonyl (C=O) groups excluding carboxylic acids is 3. The highest BCUT2D eigenvalue weighted by Gasteiger charge is 2.35. The maximum atomic E-state index is 13.8. The summed E-state index contributed by atoms with van der Waals surface area (Å²) >= 11 is 1.52. The van der Waals surface area contributed by atoms with Crippen LogP contribution >= 0.6 is 11.3 Å². The van der Waals surface area contributed by atoms with Gasteiger partial charge >= 0.3 is 0 Å². The Morgan fingerprint density at radius 3 is 2.34 bits per heavy atom. The molecule has 0 bridgehead atoms. The summed E-state index contributed by atoms with van der Waals surface area (Å²) in [6, 6.07) is 18.0. The number of carbonyl (C=O) groups is 3. The van der Waals surface area contributed by atoms with Crippen molar-refractivity contribution in [2.24, 2.45) is 0 Å². The van der Waals surface area contributed by atoms with Crippen molar-refractivity contribution in [2.75, 3.05) is 10.2 Å². The van der Waals surface area contributed by atoms with Crippen LogP contribution in [0.5, 0.6) is 0 Å². The third-order valence-electron chi connectivity index (χ3n) is 6.33. The van der Waals surface area contributed by atoms with Crippen molar-refractivity contribution in [1.82, 2.24) is 5.32 Å². The molecule has 1 aromatic heterocycles. The first-order valence-electron chi connectivity index (χ1n) is 12.0. The SMILES string of the molecule is CC(=O)Nc1ccc(N(C(=O)Cc2cccs2)[C@@H](C(=O)NC2CCCC2)c2ccccc2C)cc1. The minimum atomic E-state index is -0.809. The van der Waals surface area contributed by atoms with Crippen LogP contribution in [-0.4, -0.2) is 23.8 Å². The van der Waals surface area contributed by atoms with Crippen molar-refractivity contribution in [3.05, 3.63) is 82.0 Å². The predicted molar refractivity (Wildman–Crippen MR) is 141 cm³/mol. The molecule has 1 aliphatic rings. The normalized spacial score (nSPS) is 14.3. The van der Waals surface area contributed by atoms with Gasteiger partial charge in [0.05, 0.1) is 6.42 Å². The lowest BCUT2D eigenvalue weighted by Crippen LogP contribution is -2.47. The van der Waals surface area contributed by atoms with Crippen LogP contribution in [0.2, 0.25) is 0 Å². The van der Waals surface area contributed by atoms with Crippen molar-refractivity contribution >= 4 is 40.4 Å². The summed E-state index contributed by atoms with van der Waals surface area (Å²) in [6.45, 7) is 3.42. The highest BCUT2D eigenvalue weighted by atomic mass is 32.1. The largest absolute Gasteiger partial charge is 0.351 e. The fraction of sp³-hybridized carbons (Fsp3) is 0.321. The Hall–Kier alpha value is -3.45. The molecule has 1 atom stereocenters. The van der Waals surface area contributed by atoms with Gasteiger partial charge in [0.15, 0.2) is 0 Å². The zero-order valence-electron chi connectivity index (χ0n) is 20.1. The molecule has 1 heterocycles. The van der Waals surface area contributed by atoms with E-state index in [1.54, 1.807) is 29.2 Å². The molecule has 3 aromatic rings. The van der Waals surface area contributed by atoms with Gasteiger partial charge in [-0.15, -0.1) is 11.3 Å². The number of benzene rings is 2. The van der Waals surface area contributed by atoms with Gasteiger partial charge < -0.3 is 10.6 Å². The van der Waals surface area contributed by atoms with Gasteiger partial charge in [-0.2, -0.15) is 0 Å². The number of thiophene rings is 1. The number of nitrogens with zero attached hydrogens (tertiary/aromatic N) is 1. The fourth-order valence-electron chi connectivity index (χ4n) is 4.63. The van der Waals surface area contributed by atoms with Crippen molar-refractivity contribution in [1.29, 1.82) is 0 Å². The van der Waals surface area contributed by atoms with E-state index in [0.29, 0.717) is 11.4 Å². The fourth-order valence-corrected chi connectivity index (χ4v) is 5.33. The molecule has 2 aromatic carbocycles. The molecule has 0 saturated heterocycles. The quantitative estimate of drug-likeness (QED) is 0.445. The Kier molecular flexibility index (Phi) is 7.98. The summed E-state index contributed by atoms with van der Waals surface area (Å²) in [5, 5.41) is 7.92. The van der Waals surface area contributed by atoms with Crippen molar-refractivity contribution < 1.29 is 14.4 Å². The van der Waals surface area contributed by atoms with Crippen molar-refractivity contribution in [2.45, 2.75) is 58.0 Å². The second-order valence-electron chi connectivity index (χ2n) is 9.00. The maximum absolute atomic E-state index is 13.8. The Balaban J connectivity index is 1.76. The van der Waals surface area contributed by atoms with Crippen LogP contribution < -0.4 is 15.5 Å². The summed E-state index contributed by atoms with van der Waals surface area (Å²) in [6.07, 6.45) is 4.32. The van der Waals surface area contributed by atoms with E-state index in [4.69, 9.17) is 0 Å². The molecule has 4 rings (SSSR count). The molecule has 35 heavy (non-hydrogen) atoms. The van der Waals surface area contributed by atoms with E-state index >= 15 is 0 Å². The third-order valence-corrected chi connectivity index (χ3v) is 7.21. The van der Waals surface area contributed by atoms with Crippen LogP contribution in [0.25, 0.3) is 0 Å². The predicted octanol–water partition coefficient (Wildman–Crippen LogP) is 5.39. The number of anilines is 2. The molecule has 3 amide bonds. The number of rotatable bonds is 8. The standard InChI is InChI=1S/C28H31N3O3S/c1-19-8-3-6-12-25(19)27(28(34)30-21-9-4-5-10-21)31(26(33)18-24-11-7-17-35-24)23-15-13-22(14-16-23)29-20(2)32/h3,6-8,11-17,21,27H,4-5,9-10,18H2,1-2H3,(H,29,32)(H,30,34)/t27-/m1/s1. The number of amides is 3. The van der Waals surface area contributed by atoms with Crippen LogP contribution in [0.4, 0.5) is 11.4 Å². The highest BCUT2D eigenvalue weighted by molar-refractivity contribution is 7.10. The number of nitrogens with one attached hydrogen (secondary N) is 2. The van der Waals surface area contributed by atoms with E-state index in [1.165, 1.54) is 18.3 Å². The summed E-state index contributed by atoms with van der Waals surface area (Å²) in [4.78, 5) is 41.7. The molecule has 1 aliphatic carbocycles. The zero-order chi connectivity index (χ0) is 24.8. The lowest BCUT2D eigenvalue weighted by molar-refractivity contribution is -0.127. The minimum Gasteiger partial charge on any atom is -0.351 e. The Bertz CT molecular complexity index is 1170. The first-order valence-corrected chi connectivity index (χ1v) is 12.9. The molecule has 0 aliphatic heterocycles. The van der Waals surface area contributed by atoms with Gasteiger partial charge in [0.2, 0.25) is 17.7 Å². The van der Waals surface area contributed by atoms with Crippen LogP contribution in [0.1, 0.15) is 54.7 Å². The molecule has 0 unspecified atom stereocenters. The number of aryl methyl sites for hydroxylation is 1. The first kappa shape index (κ1) is 24.7. The van der Waals surface area contributed by atoms with Crippen molar-refractivity contribution in [3.8, 4) is 0 Å². The van der Waals surface area contributed by atoms with Gasteiger partial charge in [-0.1, -0.05) is 43.2 Å². The molecule has 0 radical (unpaired) electrons. The highest BCUT2D eigenvalue weighted by Crippen LogP contribution is 2.32. The Morgan fingerprint density at radius 2 is 1.71 bits per heavy atom. The molecule has 1 saturated carbocycles. The molecule has 6 nitrogen and oxygen atoms in total. The molecule has 182 valence electrons. The molecular weight excluding hydrogens is 458 g/mol. The van der Waals surface area contributed by atoms with E-state index in [9.17, 15) is 14.4 Å². The zero-order valence-corrected chi connectivity index (χ0v) is 20.9. The topological polar surface area (TPSA) is 78.5 Å².